The van der Waals surface area contributed by atoms with Crippen molar-refractivity contribution in [2.45, 2.75) is 5.16 Å². The zero-order valence-electron chi connectivity index (χ0n) is 20.0. The number of carbonyl (C=O) groups excluding carboxylic acids is 1. The second kappa shape index (κ2) is 11.9. The van der Waals surface area contributed by atoms with E-state index in [1.54, 1.807) is 32.4 Å². The molecule has 0 aliphatic carbocycles. The summed E-state index contributed by atoms with van der Waals surface area (Å²) in [6, 6.07) is 21.2. The summed E-state index contributed by atoms with van der Waals surface area (Å²) in [5.74, 6) is 0.447. The summed E-state index contributed by atoms with van der Waals surface area (Å²) in [5.41, 5.74) is 4.90. The maximum absolute atomic E-state index is 12.4. The number of hydrazone groups is 1. The van der Waals surface area contributed by atoms with Crippen molar-refractivity contribution in [3.8, 4) is 28.6 Å². The van der Waals surface area contributed by atoms with Gasteiger partial charge in [-0.15, -0.1) is 10.2 Å². The highest BCUT2D eigenvalue weighted by atomic mass is 32.2. The molecule has 4 rings (SSSR count). The second-order valence-corrected chi connectivity index (χ2v) is 8.50. The molecule has 0 aliphatic rings. The van der Waals surface area contributed by atoms with Crippen LogP contribution in [0.4, 0.5) is 0 Å². The predicted octanol–water partition coefficient (Wildman–Crippen LogP) is 3.89. The van der Waals surface area contributed by atoms with E-state index in [4.69, 9.17) is 14.6 Å². The molecule has 0 spiro atoms. The number of rotatable bonds is 10. The molecule has 0 saturated heterocycles. The number of carbonyl (C=O) groups is 2. The van der Waals surface area contributed by atoms with Gasteiger partial charge in [0.2, 0.25) is 0 Å². The van der Waals surface area contributed by atoms with Gasteiger partial charge in [0.15, 0.2) is 22.5 Å². The molecular weight excluding hydrogens is 494 g/mol. The van der Waals surface area contributed by atoms with E-state index < -0.39 is 5.97 Å². The fraction of sp³-hybridized carbons (Fsp3) is 0.115. The van der Waals surface area contributed by atoms with Crippen molar-refractivity contribution in [1.29, 1.82) is 0 Å². The van der Waals surface area contributed by atoms with Crippen molar-refractivity contribution in [3.05, 3.63) is 83.9 Å². The van der Waals surface area contributed by atoms with E-state index in [9.17, 15) is 9.59 Å². The number of carboxylic acid groups (broad SMARTS) is 1. The molecule has 1 aromatic heterocycles. The van der Waals surface area contributed by atoms with E-state index in [0.29, 0.717) is 28.0 Å². The summed E-state index contributed by atoms with van der Waals surface area (Å²) < 4.78 is 12.6. The Morgan fingerprint density at radius 2 is 1.73 bits per heavy atom. The van der Waals surface area contributed by atoms with Gasteiger partial charge >= 0.3 is 5.97 Å². The molecule has 3 aromatic carbocycles. The van der Waals surface area contributed by atoms with E-state index in [2.05, 4.69) is 20.7 Å². The van der Waals surface area contributed by atoms with Gasteiger partial charge in [-0.05, 0) is 48.0 Å². The van der Waals surface area contributed by atoms with Gasteiger partial charge in [0.05, 0.1) is 31.8 Å². The van der Waals surface area contributed by atoms with E-state index >= 15 is 0 Å². The molecule has 1 amide bonds. The first-order valence-electron chi connectivity index (χ1n) is 11.0. The Morgan fingerprint density at radius 1 is 1.00 bits per heavy atom. The molecule has 1 heterocycles. The van der Waals surface area contributed by atoms with Crippen LogP contribution in [0.2, 0.25) is 0 Å². The fourth-order valence-corrected chi connectivity index (χ4v) is 4.13. The minimum Gasteiger partial charge on any atom is -0.493 e. The summed E-state index contributed by atoms with van der Waals surface area (Å²) in [4.78, 5) is 23.4. The Balaban J connectivity index is 1.50. The molecule has 0 atom stereocenters. The number of hydrogen-bond donors (Lipinski definition) is 2. The van der Waals surface area contributed by atoms with E-state index in [0.717, 1.165) is 11.3 Å². The lowest BCUT2D eigenvalue weighted by Gasteiger charge is -2.12. The highest BCUT2D eigenvalue weighted by Crippen LogP contribution is 2.34. The van der Waals surface area contributed by atoms with E-state index in [1.807, 2.05) is 47.0 Å². The maximum atomic E-state index is 12.4. The standard InChI is InChI=1S/C26H23N5O5S/c1-35-21-13-12-19(14-22(21)36-2)24-29-30-26(31(24)20-6-4-3-5-7-20)37-16-23(32)28-27-15-17-8-10-18(11-9-17)25(33)34/h3-15H,16H2,1-2H3,(H,28,32)(H,33,34). The summed E-state index contributed by atoms with van der Waals surface area (Å²) in [6.07, 6.45) is 1.44. The zero-order chi connectivity index (χ0) is 26.2. The number of aromatic carboxylic acids is 1. The zero-order valence-corrected chi connectivity index (χ0v) is 20.8. The van der Waals surface area contributed by atoms with Crippen LogP contribution in [-0.2, 0) is 4.79 Å². The summed E-state index contributed by atoms with van der Waals surface area (Å²) in [5, 5.41) is 22.1. The third-order valence-corrected chi connectivity index (χ3v) is 6.11. The van der Waals surface area contributed by atoms with Crippen LogP contribution in [0.5, 0.6) is 11.5 Å². The predicted molar refractivity (Wildman–Crippen MR) is 140 cm³/mol. The summed E-state index contributed by atoms with van der Waals surface area (Å²) in [6.45, 7) is 0. The van der Waals surface area contributed by atoms with Gasteiger partial charge in [-0.1, -0.05) is 42.1 Å². The number of nitrogens with one attached hydrogen (secondary N) is 1. The molecule has 0 bridgehead atoms. The van der Waals surface area contributed by atoms with Gasteiger partial charge in [-0.3, -0.25) is 9.36 Å². The van der Waals surface area contributed by atoms with Gasteiger partial charge in [0.1, 0.15) is 0 Å². The minimum atomic E-state index is -1.01. The quantitative estimate of drug-likeness (QED) is 0.184. The normalized spacial score (nSPS) is 10.9. The molecule has 10 nitrogen and oxygen atoms in total. The largest absolute Gasteiger partial charge is 0.493 e. The molecule has 2 N–H and O–H groups in total. The molecule has 0 unspecified atom stereocenters. The third-order valence-electron chi connectivity index (χ3n) is 5.18. The van der Waals surface area contributed by atoms with Crippen molar-refractivity contribution in [2.75, 3.05) is 20.0 Å². The van der Waals surface area contributed by atoms with Crippen LogP contribution in [0.3, 0.4) is 0 Å². The Bertz CT molecular complexity index is 1420. The first-order valence-corrected chi connectivity index (χ1v) is 12.0. The summed E-state index contributed by atoms with van der Waals surface area (Å²) in [7, 11) is 3.14. The molecule has 0 radical (unpaired) electrons. The monoisotopic (exact) mass is 517 g/mol. The number of ether oxygens (including phenoxy) is 2. The smallest absolute Gasteiger partial charge is 0.335 e. The number of nitrogens with zero attached hydrogens (tertiary/aromatic N) is 4. The maximum Gasteiger partial charge on any atom is 0.335 e. The summed E-state index contributed by atoms with van der Waals surface area (Å²) >= 11 is 1.22. The van der Waals surface area contributed by atoms with Crippen molar-refractivity contribution in [1.82, 2.24) is 20.2 Å². The highest BCUT2D eigenvalue weighted by molar-refractivity contribution is 7.99. The van der Waals surface area contributed by atoms with Crippen LogP contribution in [0.1, 0.15) is 15.9 Å². The number of aromatic nitrogens is 3. The molecule has 37 heavy (non-hydrogen) atoms. The second-order valence-electron chi connectivity index (χ2n) is 7.56. The van der Waals surface area contributed by atoms with Crippen molar-refractivity contribution in [3.63, 3.8) is 0 Å². The Kier molecular flexibility index (Phi) is 8.16. The fourth-order valence-electron chi connectivity index (χ4n) is 3.39. The van der Waals surface area contributed by atoms with Crippen LogP contribution in [0.25, 0.3) is 17.1 Å². The number of para-hydroxylation sites is 1. The van der Waals surface area contributed by atoms with Crippen LogP contribution >= 0.6 is 11.8 Å². The van der Waals surface area contributed by atoms with Crippen molar-refractivity contribution < 1.29 is 24.2 Å². The Labute approximate surface area is 217 Å². The van der Waals surface area contributed by atoms with Gasteiger partial charge in [-0.25, -0.2) is 10.2 Å². The molecule has 0 saturated carbocycles. The van der Waals surface area contributed by atoms with Crippen molar-refractivity contribution in [2.24, 2.45) is 5.10 Å². The van der Waals surface area contributed by atoms with Crippen LogP contribution in [-0.4, -0.2) is 57.9 Å². The van der Waals surface area contributed by atoms with Crippen LogP contribution < -0.4 is 14.9 Å². The van der Waals surface area contributed by atoms with Crippen LogP contribution in [0, 0.1) is 0 Å². The van der Waals surface area contributed by atoms with Crippen molar-refractivity contribution >= 4 is 29.9 Å². The lowest BCUT2D eigenvalue weighted by Crippen LogP contribution is -2.20. The molecule has 11 heteroatoms. The molecule has 0 fully saturated rings. The SMILES string of the molecule is COc1ccc(-c2nnc(SCC(=O)NN=Cc3ccc(C(=O)O)cc3)n2-c2ccccc2)cc1OC. The molecule has 188 valence electrons. The highest BCUT2D eigenvalue weighted by Gasteiger charge is 2.18. The van der Waals surface area contributed by atoms with E-state index in [-0.39, 0.29) is 17.2 Å². The minimum absolute atomic E-state index is 0.0478. The van der Waals surface area contributed by atoms with Crippen LogP contribution in [0.15, 0.2) is 83.1 Å². The first-order chi connectivity index (χ1) is 18.0. The Morgan fingerprint density at radius 3 is 2.41 bits per heavy atom. The average Bonchev–Trinajstić information content (AvgIpc) is 3.36. The Hall–Kier alpha value is -4.64. The lowest BCUT2D eigenvalue weighted by atomic mass is 10.1. The number of hydrogen-bond acceptors (Lipinski definition) is 8. The topological polar surface area (TPSA) is 128 Å². The lowest BCUT2D eigenvalue weighted by molar-refractivity contribution is -0.118. The molecule has 4 aromatic rings. The number of thioether (sulfide) groups is 1. The number of methoxy groups -OCH3 is 2. The van der Waals surface area contributed by atoms with Gasteiger partial charge < -0.3 is 14.6 Å². The van der Waals surface area contributed by atoms with Gasteiger partial charge in [-0.2, -0.15) is 5.10 Å². The molecular formula is C26H23N5O5S. The molecule has 0 aliphatic heterocycles. The first kappa shape index (κ1) is 25.5. The van der Waals surface area contributed by atoms with Gasteiger partial charge in [0, 0.05) is 11.3 Å². The third kappa shape index (κ3) is 6.14. The van der Waals surface area contributed by atoms with E-state index in [1.165, 1.54) is 30.1 Å². The number of carboxylic acids is 1. The van der Waals surface area contributed by atoms with Gasteiger partial charge in [0.25, 0.3) is 5.91 Å². The number of benzene rings is 3. The average molecular weight is 518 g/mol. The number of amides is 1.